The number of benzene rings is 1. The maximum absolute atomic E-state index is 12.1. The molecule has 1 amide bonds. The first-order valence-corrected chi connectivity index (χ1v) is 8.71. The van der Waals surface area contributed by atoms with E-state index in [0.29, 0.717) is 12.1 Å². The average Bonchev–Trinajstić information content (AvgIpc) is 3.02. The van der Waals surface area contributed by atoms with Crippen molar-refractivity contribution in [1.29, 1.82) is 0 Å². The Bertz CT molecular complexity index is 728. The lowest BCUT2D eigenvalue weighted by molar-refractivity contribution is -0.0301. The minimum Gasteiger partial charge on any atom is -0.488 e. The normalized spacial score (nSPS) is 23.2. The Morgan fingerprint density at radius 2 is 2.28 bits per heavy atom. The molecule has 6 heteroatoms. The molecular formula is C19H25N3O3. The number of hydrogen-bond acceptors (Lipinski definition) is 4. The summed E-state index contributed by atoms with van der Waals surface area (Å²) in [6, 6.07) is 7.85. The Hall–Kier alpha value is -2.34. The molecule has 1 aliphatic carbocycles. The molecule has 0 spiro atoms. The van der Waals surface area contributed by atoms with E-state index < -0.39 is 6.10 Å². The molecule has 25 heavy (non-hydrogen) atoms. The maximum Gasteiger partial charge on any atom is 0.254 e. The number of nitrogens with one attached hydrogen (secondary N) is 1. The smallest absolute Gasteiger partial charge is 0.254 e. The molecule has 134 valence electrons. The fraction of sp³-hybridized carbons (Fsp3) is 0.474. The molecule has 1 saturated carbocycles. The number of aliphatic hydroxyl groups is 1. The number of nitrogens with zero attached hydrogens (tertiary/aromatic N) is 2. The zero-order chi connectivity index (χ0) is 17.8. The third-order valence-corrected chi connectivity index (χ3v) is 4.70. The molecule has 1 heterocycles. The van der Waals surface area contributed by atoms with Crippen molar-refractivity contribution in [2.45, 2.75) is 38.4 Å². The molecule has 1 fully saturated rings. The van der Waals surface area contributed by atoms with Gasteiger partial charge >= 0.3 is 0 Å². The summed E-state index contributed by atoms with van der Waals surface area (Å²) in [4.78, 5) is 12.1. The van der Waals surface area contributed by atoms with Gasteiger partial charge in [0.25, 0.3) is 5.91 Å². The number of carbonyl (C=O) groups is 1. The van der Waals surface area contributed by atoms with Crippen molar-refractivity contribution in [3.63, 3.8) is 0 Å². The van der Waals surface area contributed by atoms with E-state index >= 15 is 0 Å². The van der Waals surface area contributed by atoms with Crippen LogP contribution in [0.15, 0.2) is 36.7 Å². The van der Waals surface area contributed by atoms with Crippen molar-refractivity contribution in [2.24, 2.45) is 13.0 Å². The lowest BCUT2D eigenvalue weighted by atomic mass is 9.84. The molecule has 0 radical (unpaired) electrons. The van der Waals surface area contributed by atoms with Crippen molar-refractivity contribution in [3.05, 3.63) is 47.8 Å². The standard InChI is InChI=1S/C19H25N3O3/c1-13-5-3-7-16(9-13)25-17-8-4-6-14(18(17)23)10-20-19(24)15-11-21-22(2)12-15/h3,5,7,9,11-12,14,17-18,23H,4,6,8,10H2,1-2H3,(H,20,24)/t14-,17-,18-/m1/s1. The Labute approximate surface area is 147 Å². The molecule has 0 bridgehead atoms. The highest BCUT2D eigenvalue weighted by Gasteiger charge is 2.33. The first kappa shape index (κ1) is 17.5. The van der Waals surface area contributed by atoms with Gasteiger partial charge in [0, 0.05) is 25.7 Å². The van der Waals surface area contributed by atoms with E-state index in [1.807, 2.05) is 31.2 Å². The number of aliphatic hydroxyl groups excluding tert-OH is 1. The second-order valence-corrected chi connectivity index (χ2v) is 6.77. The Kier molecular flexibility index (Phi) is 5.38. The molecule has 2 N–H and O–H groups in total. The molecule has 1 aromatic carbocycles. The third kappa shape index (κ3) is 4.39. The van der Waals surface area contributed by atoms with Crippen LogP contribution in [0.25, 0.3) is 0 Å². The first-order chi connectivity index (χ1) is 12.0. The Morgan fingerprint density at radius 1 is 1.44 bits per heavy atom. The van der Waals surface area contributed by atoms with Gasteiger partial charge in [-0.3, -0.25) is 9.48 Å². The van der Waals surface area contributed by atoms with Crippen LogP contribution in [0.3, 0.4) is 0 Å². The SMILES string of the molecule is Cc1cccc(O[C@@H]2CCC[C@H](CNC(=O)c3cnn(C)c3)[C@H]2O)c1. The lowest BCUT2D eigenvalue weighted by Crippen LogP contribution is -2.45. The van der Waals surface area contributed by atoms with Gasteiger partial charge in [-0.2, -0.15) is 5.10 Å². The Morgan fingerprint density at radius 3 is 3.00 bits per heavy atom. The van der Waals surface area contributed by atoms with Gasteiger partial charge in [0.2, 0.25) is 0 Å². The predicted molar refractivity (Wildman–Crippen MR) is 94.5 cm³/mol. The average molecular weight is 343 g/mol. The number of hydrogen-bond donors (Lipinski definition) is 2. The predicted octanol–water partition coefficient (Wildman–Crippen LogP) is 2.07. The molecular weight excluding hydrogens is 318 g/mol. The van der Waals surface area contributed by atoms with Gasteiger partial charge < -0.3 is 15.2 Å². The van der Waals surface area contributed by atoms with Crippen molar-refractivity contribution >= 4 is 5.91 Å². The van der Waals surface area contributed by atoms with Crippen LogP contribution in [0.1, 0.15) is 35.2 Å². The zero-order valence-electron chi connectivity index (χ0n) is 14.7. The van der Waals surface area contributed by atoms with Crippen LogP contribution in [0.2, 0.25) is 0 Å². The fourth-order valence-corrected chi connectivity index (χ4v) is 3.31. The fourth-order valence-electron chi connectivity index (χ4n) is 3.31. The monoisotopic (exact) mass is 343 g/mol. The molecule has 6 nitrogen and oxygen atoms in total. The second-order valence-electron chi connectivity index (χ2n) is 6.77. The van der Waals surface area contributed by atoms with Crippen LogP contribution in [0.4, 0.5) is 0 Å². The second kappa shape index (κ2) is 7.70. The number of carbonyl (C=O) groups excluding carboxylic acids is 1. The van der Waals surface area contributed by atoms with Gasteiger partial charge in [-0.25, -0.2) is 0 Å². The van der Waals surface area contributed by atoms with Crippen LogP contribution in [-0.2, 0) is 7.05 Å². The van der Waals surface area contributed by atoms with Gasteiger partial charge in [0.15, 0.2) is 0 Å². The molecule has 1 aliphatic rings. The highest BCUT2D eigenvalue weighted by molar-refractivity contribution is 5.93. The van der Waals surface area contributed by atoms with E-state index in [-0.39, 0.29) is 17.9 Å². The summed E-state index contributed by atoms with van der Waals surface area (Å²) in [5, 5.41) is 17.6. The third-order valence-electron chi connectivity index (χ3n) is 4.70. The van der Waals surface area contributed by atoms with E-state index in [9.17, 15) is 9.90 Å². The lowest BCUT2D eigenvalue weighted by Gasteiger charge is -2.35. The molecule has 0 aliphatic heterocycles. The van der Waals surface area contributed by atoms with Gasteiger partial charge in [-0.15, -0.1) is 0 Å². The summed E-state index contributed by atoms with van der Waals surface area (Å²) in [6.45, 7) is 2.45. The molecule has 0 unspecified atom stereocenters. The van der Waals surface area contributed by atoms with E-state index in [4.69, 9.17) is 4.74 Å². The summed E-state index contributed by atoms with van der Waals surface area (Å²) in [7, 11) is 1.77. The number of rotatable bonds is 5. The number of aryl methyl sites for hydroxylation is 2. The van der Waals surface area contributed by atoms with E-state index in [0.717, 1.165) is 30.6 Å². The van der Waals surface area contributed by atoms with Crippen molar-refractivity contribution in [3.8, 4) is 5.75 Å². The van der Waals surface area contributed by atoms with Crippen LogP contribution in [-0.4, -0.2) is 39.5 Å². The van der Waals surface area contributed by atoms with Gasteiger partial charge in [-0.05, 0) is 43.9 Å². The van der Waals surface area contributed by atoms with Crippen LogP contribution < -0.4 is 10.1 Å². The van der Waals surface area contributed by atoms with E-state index in [1.165, 1.54) is 6.20 Å². The van der Waals surface area contributed by atoms with Crippen molar-refractivity contribution < 1.29 is 14.6 Å². The largest absolute Gasteiger partial charge is 0.488 e. The van der Waals surface area contributed by atoms with Gasteiger partial charge in [0.1, 0.15) is 11.9 Å². The van der Waals surface area contributed by atoms with E-state index in [1.54, 1.807) is 17.9 Å². The summed E-state index contributed by atoms with van der Waals surface area (Å²) in [5.74, 6) is 0.607. The highest BCUT2D eigenvalue weighted by Crippen LogP contribution is 2.28. The summed E-state index contributed by atoms with van der Waals surface area (Å²) < 4.78 is 7.59. The summed E-state index contributed by atoms with van der Waals surface area (Å²) in [6.07, 6.45) is 5.05. The van der Waals surface area contributed by atoms with Crippen LogP contribution in [0.5, 0.6) is 5.75 Å². The minimum absolute atomic E-state index is 0.0100. The van der Waals surface area contributed by atoms with Crippen LogP contribution >= 0.6 is 0 Å². The summed E-state index contributed by atoms with van der Waals surface area (Å²) in [5.41, 5.74) is 1.66. The molecule has 0 saturated heterocycles. The molecule has 3 atom stereocenters. The number of aromatic nitrogens is 2. The van der Waals surface area contributed by atoms with Gasteiger partial charge in [0.05, 0.1) is 17.9 Å². The maximum atomic E-state index is 12.1. The molecule has 1 aromatic heterocycles. The molecule has 3 rings (SSSR count). The van der Waals surface area contributed by atoms with Crippen molar-refractivity contribution in [2.75, 3.05) is 6.54 Å². The topological polar surface area (TPSA) is 76.4 Å². The zero-order valence-corrected chi connectivity index (χ0v) is 14.7. The first-order valence-electron chi connectivity index (χ1n) is 8.71. The number of ether oxygens (including phenoxy) is 1. The van der Waals surface area contributed by atoms with Crippen LogP contribution in [0, 0.1) is 12.8 Å². The Balaban J connectivity index is 1.56. The summed E-state index contributed by atoms with van der Waals surface area (Å²) >= 11 is 0. The van der Waals surface area contributed by atoms with Gasteiger partial charge in [-0.1, -0.05) is 12.1 Å². The quantitative estimate of drug-likeness (QED) is 0.871. The van der Waals surface area contributed by atoms with E-state index in [2.05, 4.69) is 10.4 Å². The molecule has 2 aromatic rings. The minimum atomic E-state index is -0.594. The van der Waals surface area contributed by atoms with Crippen molar-refractivity contribution in [1.82, 2.24) is 15.1 Å². The number of amides is 1. The highest BCUT2D eigenvalue weighted by atomic mass is 16.5.